The van der Waals surface area contributed by atoms with E-state index in [4.69, 9.17) is 4.74 Å². The molecule has 0 fully saturated rings. The molecule has 2 aromatic rings. The molecule has 30 heavy (non-hydrogen) atoms. The van der Waals surface area contributed by atoms with E-state index in [-0.39, 0.29) is 11.8 Å². The number of allylic oxidation sites excluding steroid dienone is 3. The number of ketones is 1. The van der Waals surface area contributed by atoms with E-state index in [9.17, 15) is 9.59 Å². The first-order chi connectivity index (χ1) is 14.5. The Kier molecular flexibility index (Phi) is 6.13. The van der Waals surface area contributed by atoms with Gasteiger partial charge in [-0.1, -0.05) is 34.1 Å². The summed E-state index contributed by atoms with van der Waals surface area (Å²) in [6, 6.07) is 11.7. The summed E-state index contributed by atoms with van der Waals surface area (Å²) in [7, 11) is 0. The number of carbonyl (C=O) groups is 2. The summed E-state index contributed by atoms with van der Waals surface area (Å²) in [4.78, 5) is 29.9. The molecule has 1 aromatic heterocycles. The maximum Gasteiger partial charge on any atom is 0.336 e. The van der Waals surface area contributed by atoms with Crippen molar-refractivity contribution in [3.8, 4) is 0 Å². The van der Waals surface area contributed by atoms with E-state index in [1.54, 1.807) is 6.20 Å². The third-order valence-corrected chi connectivity index (χ3v) is 6.06. The second kappa shape index (κ2) is 8.96. The fourth-order valence-corrected chi connectivity index (χ4v) is 4.38. The number of halogens is 1. The van der Waals surface area contributed by atoms with E-state index in [2.05, 4.69) is 26.2 Å². The van der Waals surface area contributed by atoms with Gasteiger partial charge < -0.3 is 10.1 Å². The number of Topliss-reactive ketones (excluding diaryl/α,β-unsaturated/α-hetero) is 1. The van der Waals surface area contributed by atoms with Crippen molar-refractivity contribution in [1.29, 1.82) is 0 Å². The van der Waals surface area contributed by atoms with Gasteiger partial charge in [-0.3, -0.25) is 9.78 Å². The molecule has 0 saturated heterocycles. The summed E-state index contributed by atoms with van der Waals surface area (Å²) in [6.45, 7) is 2.20. The molecule has 1 unspecified atom stereocenters. The highest BCUT2D eigenvalue weighted by Crippen LogP contribution is 2.43. The average molecular weight is 467 g/mol. The summed E-state index contributed by atoms with van der Waals surface area (Å²) in [5.41, 5.74) is 4.94. The van der Waals surface area contributed by atoms with Gasteiger partial charge >= 0.3 is 5.97 Å². The van der Waals surface area contributed by atoms with Crippen molar-refractivity contribution >= 4 is 27.7 Å². The lowest BCUT2D eigenvalue weighted by Gasteiger charge is -2.29. The second-order valence-corrected chi connectivity index (χ2v) is 8.48. The van der Waals surface area contributed by atoms with E-state index < -0.39 is 5.92 Å². The number of aryl methyl sites for hydroxylation is 1. The van der Waals surface area contributed by atoms with Gasteiger partial charge in [0.25, 0.3) is 0 Å². The van der Waals surface area contributed by atoms with Crippen LogP contribution in [0.4, 0.5) is 0 Å². The topological polar surface area (TPSA) is 68.3 Å². The molecule has 0 spiro atoms. The Morgan fingerprint density at radius 1 is 1.23 bits per heavy atom. The summed E-state index contributed by atoms with van der Waals surface area (Å²) in [5.74, 6) is -0.666. The van der Waals surface area contributed by atoms with E-state index >= 15 is 0 Å². The highest BCUT2D eigenvalue weighted by molar-refractivity contribution is 9.10. The van der Waals surface area contributed by atoms with Crippen LogP contribution in [0.1, 0.15) is 43.2 Å². The first-order valence-electron chi connectivity index (χ1n) is 10.1. The molecule has 0 bridgehead atoms. The van der Waals surface area contributed by atoms with Crippen LogP contribution in [0.25, 0.3) is 0 Å². The summed E-state index contributed by atoms with van der Waals surface area (Å²) in [6.07, 6.45) is 6.24. The third kappa shape index (κ3) is 4.24. The maximum atomic E-state index is 13.1. The van der Waals surface area contributed by atoms with Gasteiger partial charge in [-0.15, -0.1) is 0 Å². The molecule has 2 heterocycles. The molecular formula is C24H23BrN2O3. The number of rotatable bonds is 6. The number of hydrogen-bond acceptors (Lipinski definition) is 5. The van der Waals surface area contributed by atoms with Gasteiger partial charge in [-0.2, -0.15) is 0 Å². The van der Waals surface area contributed by atoms with Gasteiger partial charge in [-0.25, -0.2) is 4.79 Å². The predicted octanol–water partition coefficient (Wildman–Crippen LogP) is 4.60. The molecule has 1 aliphatic carbocycles. The highest BCUT2D eigenvalue weighted by Gasteiger charge is 2.40. The Hall–Kier alpha value is -2.73. The molecule has 2 aliphatic rings. The van der Waals surface area contributed by atoms with E-state index in [1.807, 2.05) is 49.5 Å². The maximum absolute atomic E-state index is 13.1. The zero-order chi connectivity index (χ0) is 21.1. The average Bonchev–Trinajstić information content (AvgIpc) is 3.11. The molecule has 1 aromatic carbocycles. The number of esters is 1. The Bertz CT molecular complexity index is 1030. The van der Waals surface area contributed by atoms with Crippen molar-refractivity contribution < 1.29 is 14.3 Å². The Morgan fingerprint density at radius 3 is 2.77 bits per heavy atom. The first-order valence-corrected chi connectivity index (χ1v) is 10.9. The number of pyridine rings is 1. The van der Waals surface area contributed by atoms with Crippen LogP contribution in [0, 0.1) is 0 Å². The second-order valence-electron chi connectivity index (χ2n) is 7.56. The van der Waals surface area contributed by atoms with Gasteiger partial charge in [0.2, 0.25) is 0 Å². The van der Waals surface area contributed by atoms with Crippen LogP contribution in [0.15, 0.2) is 75.8 Å². The number of ether oxygens (including phenoxy) is 1. The lowest BCUT2D eigenvalue weighted by Crippen LogP contribution is -2.30. The number of aromatic nitrogens is 1. The number of nitrogens with zero attached hydrogens (tertiary/aromatic N) is 1. The number of nitrogens with one attached hydrogen (secondary N) is 1. The SMILES string of the molecule is CC1=C(C(=O)OCCCc2cccnc2)C(c2ccc(Br)cc2)C2=C(CCC2=O)N1. The van der Waals surface area contributed by atoms with E-state index in [0.29, 0.717) is 37.0 Å². The van der Waals surface area contributed by atoms with Gasteiger partial charge in [0.15, 0.2) is 5.78 Å². The molecule has 0 amide bonds. The van der Waals surface area contributed by atoms with E-state index in [0.717, 1.165) is 33.4 Å². The minimum atomic E-state index is -0.393. The number of benzene rings is 1. The molecule has 0 radical (unpaired) electrons. The van der Waals surface area contributed by atoms with E-state index in [1.165, 1.54) is 0 Å². The Labute approximate surface area is 184 Å². The van der Waals surface area contributed by atoms with Crippen molar-refractivity contribution in [1.82, 2.24) is 10.3 Å². The molecule has 1 N–H and O–H groups in total. The largest absolute Gasteiger partial charge is 0.462 e. The van der Waals surface area contributed by atoms with Crippen molar-refractivity contribution in [3.63, 3.8) is 0 Å². The van der Waals surface area contributed by atoms with Crippen LogP contribution in [0.3, 0.4) is 0 Å². The van der Waals surface area contributed by atoms with Crippen molar-refractivity contribution in [3.05, 3.63) is 86.9 Å². The van der Waals surface area contributed by atoms with Crippen LogP contribution in [0.2, 0.25) is 0 Å². The first kappa shape index (κ1) is 20.5. The molecule has 4 rings (SSSR count). The van der Waals surface area contributed by atoms with Crippen LogP contribution in [-0.4, -0.2) is 23.3 Å². The van der Waals surface area contributed by atoms with Crippen molar-refractivity contribution in [2.75, 3.05) is 6.61 Å². The molecule has 5 nitrogen and oxygen atoms in total. The zero-order valence-electron chi connectivity index (χ0n) is 16.8. The van der Waals surface area contributed by atoms with Crippen LogP contribution in [-0.2, 0) is 20.7 Å². The fourth-order valence-electron chi connectivity index (χ4n) is 4.12. The predicted molar refractivity (Wildman–Crippen MR) is 118 cm³/mol. The highest BCUT2D eigenvalue weighted by atomic mass is 79.9. The Morgan fingerprint density at radius 2 is 2.03 bits per heavy atom. The minimum Gasteiger partial charge on any atom is -0.462 e. The van der Waals surface area contributed by atoms with Gasteiger partial charge in [-0.05, 0) is 55.5 Å². The number of hydrogen-bond donors (Lipinski definition) is 1. The van der Waals surface area contributed by atoms with Gasteiger partial charge in [0.1, 0.15) is 0 Å². The summed E-state index contributed by atoms with van der Waals surface area (Å²) in [5, 5.41) is 3.29. The quantitative estimate of drug-likeness (QED) is 0.497. The van der Waals surface area contributed by atoms with Crippen LogP contribution < -0.4 is 5.32 Å². The summed E-state index contributed by atoms with van der Waals surface area (Å²) < 4.78 is 6.58. The molecule has 6 heteroatoms. The molecule has 154 valence electrons. The molecular weight excluding hydrogens is 444 g/mol. The van der Waals surface area contributed by atoms with Crippen LogP contribution in [0.5, 0.6) is 0 Å². The molecule has 0 saturated carbocycles. The number of carbonyl (C=O) groups excluding carboxylic acids is 2. The van der Waals surface area contributed by atoms with Crippen molar-refractivity contribution in [2.45, 2.75) is 38.5 Å². The van der Waals surface area contributed by atoms with Gasteiger partial charge in [0.05, 0.1) is 12.2 Å². The lowest BCUT2D eigenvalue weighted by atomic mass is 9.80. The summed E-state index contributed by atoms with van der Waals surface area (Å²) >= 11 is 3.46. The zero-order valence-corrected chi connectivity index (χ0v) is 18.4. The molecule has 1 aliphatic heterocycles. The monoisotopic (exact) mass is 466 g/mol. The standard InChI is InChI=1S/C24H23BrN2O3/c1-15-21(24(29)30-13-3-5-16-4-2-12-26-14-16)22(17-6-8-18(25)9-7-17)23-19(27-15)10-11-20(23)28/h2,4,6-9,12,14,22,27H,3,5,10-11,13H2,1H3. The third-order valence-electron chi connectivity index (χ3n) is 5.54. The smallest absolute Gasteiger partial charge is 0.336 e. The lowest BCUT2D eigenvalue weighted by molar-refractivity contribution is -0.139. The normalized spacial score (nSPS) is 18.3. The van der Waals surface area contributed by atoms with Gasteiger partial charge in [0, 0.05) is 46.2 Å². The number of dihydropyridines is 1. The van der Waals surface area contributed by atoms with Crippen molar-refractivity contribution in [2.24, 2.45) is 0 Å². The fraction of sp³-hybridized carbons (Fsp3) is 0.292. The minimum absolute atomic E-state index is 0.0970. The van der Waals surface area contributed by atoms with Crippen LogP contribution >= 0.6 is 15.9 Å². The Balaban J connectivity index is 1.53. The molecule has 1 atom stereocenters.